The zero-order valence-corrected chi connectivity index (χ0v) is 46.2. The van der Waals surface area contributed by atoms with Gasteiger partial charge in [0.15, 0.2) is 0 Å². The lowest BCUT2D eigenvalue weighted by molar-refractivity contribution is -0.141. The van der Waals surface area contributed by atoms with Crippen molar-refractivity contribution in [1.82, 2.24) is 40.0 Å². The summed E-state index contributed by atoms with van der Waals surface area (Å²) in [5.74, 6) is 6.30. The van der Waals surface area contributed by atoms with E-state index in [2.05, 4.69) is 121 Å². The average Bonchev–Trinajstić information content (AvgIpc) is 3.97. The molecule has 388 valence electrons. The highest BCUT2D eigenvalue weighted by Gasteiger charge is 2.33. The highest BCUT2D eigenvalue weighted by molar-refractivity contribution is 5.95. The number of benzene rings is 2. The Balaban J connectivity index is 0.000000513. The lowest BCUT2D eigenvalue weighted by Crippen LogP contribution is -2.58. The molecule has 0 radical (unpaired) electrons. The maximum Gasteiger partial charge on any atom is 0.259 e. The third-order valence-electron chi connectivity index (χ3n) is 13.6. The Morgan fingerprint density at radius 2 is 1.61 bits per heavy atom. The molecule has 4 aromatic rings. The van der Waals surface area contributed by atoms with E-state index in [1.807, 2.05) is 85.2 Å². The summed E-state index contributed by atoms with van der Waals surface area (Å²) >= 11 is 0. The molecule has 4 heterocycles. The monoisotopic (exact) mass is 973 g/mol. The van der Waals surface area contributed by atoms with Crippen LogP contribution < -0.4 is 10.7 Å². The first-order valence-corrected chi connectivity index (χ1v) is 25.5. The van der Waals surface area contributed by atoms with Crippen LogP contribution in [0.4, 0.5) is 0 Å². The van der Waals surface area contributed by atoms with Crippen molar-refractivity contribution in [3.8, 4) is 34.2 Å². The van der Waals surface area contributed by atoms with Gasteiger partial charge in [0, 0.05) is 76.5 Å². The predicted octanol–water partition coefficient (Wildman–Crippen LogP) is 9.70. The largest absolute Gasteiger partial charge is 0.384 e. The standard InChI is InChI=1S/C43H60N6O4.C13H22N2.C3H6/c1-28(2)39(47(6)7)41(50)46-36(42(51)49-22-12-11-21-45-49)24-30-15-13-16-31(23-30)32-18-19-37-34(25-32)35(26-43(4,5)27-52-9)40(48(37)8)33-17-14-20-44-38(33)29(3)53-10;1-12(15-10-6-7-11-15)8-9-13(2,3)14(4)5;1-3-2/h13-20,23,25,28-29,36,39,45H,11-12,21-22,24,26-27H2,1-10H3,(H,46,50);1,6-7,10-11H2,2-5H3;3H,1H2,2H3. The Labute approximate surface area is 428 Å². The van der Waals surface area contributed by atoms with Crippen molar-refractivity contribution >= 4 is 22.7 Å². The maximum absolute atomic E-state index is 13.9. The highest BCUT2D eigenvalue weighted by atomic mass is 16.5. The van der Waals surface area contributed by atoms with Crippen LogP contribution in [0.5, 0.6) is 0 Å². The van der Waals surface area contributed by atoms with E-state index >= 15 is 0 Å². The number of nitrogens with one attached hydrogen (secondary N) is 2. The van der Waals surface area contributed by atoms with E-state index in [0.717, 1.165) is 83.8 Å². The summed E-state index contributed by atoms with van der Waals surface area (Å²) in [7, 11) is 13.5. The predicted molar refractivity (Wildman–Crippen MR) is 295 cm³/mol. The van der Waals surface area contributed by atoms with Gasteiger partial charge in [-0.25, -0.2) is 5.43 Å². The highest BCUT2D eigenvalue weighted by Crippen LogP contribution is 2.41. The van der Waals surface area contributed by atoms with E-state index in [1.54, 1.807) is 25.3 Å². The average molecular weight is 973 g/mol. The number of fused-ring (bicyclic) bond motifs is 1. The van der Waals surface area contributed by atoms with Crippen molar-refractivity contribution < 1.29 is 19.1 Å². The van der Waals surface area contributed by atoms with Gasteiger partial charge >= 0.3 is 0 Å². The molecule has 6 rings (SSSR count). The minimum atomic E-state index is -0.707. The van der Waals surface area contributed by atoms with Crippen molar-refractivity contribution in [3.63, 3.8) is 0 Å². The van der Waals surface area contributed by atoms with Crippen LogP contribution in [0, 0.1) is 23.2 Å². The topological polar surface area (TPSA) is 107 Å². The molecule has 0 saturated carbocycles. The Bertz CT molecular complexity index is 2440. The van der Waals surface area contributed by atoms with Gasteiger partial charge in [0.2, 0.25) is 5.91 Å². The second kappa shape index (κ2) is 27.0. The van der Waals surface area contributed by atoms with Crippen molar-refractivity contribution in [2.24, 2.45) is 18.4 Å². The fourth-order valence-corrected chi connectivity index (χ4v) is 9.37. The summed E-state index contributed by atoms with van der Waals surface area (Å²) < 4.78 is 13.7. The minimum absolute atomic E-state index is 0.0807. The van der Waals surface area contributed by atoms with Crippen LogP contribution in [-0.4, -0.2) is 134 Å². The summed E-state index contributed by atoms with van der Waals surface area (Å²) in [5.41, 5.74) is 12.6. The van der Waals surface area contributed by atoms with E-state index in [-0.39, 0.29) is 40.8 Å². The van der Waals surface area contributed by atoms with Crippen molar-refractivity contribution in [2.45, 2.75) is 118 Å². The number of methoxy groups -OCH3 is 2. The molecule has 3 atom stereocenters. The van der Waals surface area contributed by atoms with E-state index in [4.69, 9.17) is 14.5 Å². The molecule has 0 bridgehead atoms. The van der Waals surface area contributed by atoms with E-state index in [1.165, 1.54) is 23.8 Å². The number of ether oxygens (including phenoxy) is 2. The van der Waals surface area contributed by atoms with Gasteiger partial charge in [-0.15, -0.1) is 6.58 Å². The number of pyridine rings is 1. The van der Waals surface area contributed by atoms with E-state index in [0.29, 0.717) is 19.6 Å². The number of aromatic nitrogens is 2. The Hall–Kier alpha value is -5.29. The van der Waals surface area contributed by atoms with Gasteiger partial charge in [0.05, 0.1) is 41.4 Å². The van der Waals surface area contributed by atoms with Gasteiger partial charge in [0.25, 0.3) is 5.91 Å². The van der Waals surface area contributed by atoms with E-state index in [9.17, 15) is 9.59 Å². The fourth-order valence-electron chi connectivity index (χ4n) is 9.37. The van der Waals surface area contributed by atoms with Gasteiger partial charge in [-0.05, 0) is 152 Å². The maximum atomic E-state index is 13.9. The molecule has 2 aromatic carbocycles. The molecule has 3 unspecified atom stereocenters. The Morgan fingerprint density at radius 1 is 0.944 bits per heavy atom. The molecule has 12 heteroatoms. The van der Waals surface area contributed by atoms with Gasteiger partial charge in [-0.1, -0.05) is 76.6 Å². The summed E-state index contributed by atoms with van der Waals surface area (Å²) in [6.07, 6.45) is 9.09. The van der Waals surface area contributed by atoms with Crippen molar-refractivity contribution in [2.75, 3.05) is 75.2 Å². The third kappa shape index (κ3) is 15.8. The van der Waals surface area contributed by atoms with Gasteiger partial charge in [0.1, 0.15) is 6.04 Å². The van der Waals surface area contributed by atoms with Crippen LogP contribution >= 0.6 is 0 Å². The van der Waals surface area contributed by atoms with Crippen LogP contribution in [0.1, 0.15) is 104 Å². The first kappa shape index (κ1) is 58.3. The molecule has 2 saturated heterocycles. The number of hydrogen-bond donors (Lipinski definition) is 2. The Morgan fingerprint density at radius 3 is 2.20 bits per heavy atom. The zero-order chi connectivity index (χ0) is 52.6. The molecule has 0 spiro atoms. The molecule has 2 aliphatic rings. The number of likely N-dealkylation sites (N-methyl/N-ethyl adjacent to an activating group) is 1. The number of aryl methyl sites for hydroxylation is 1. The Kier molecular flexibility index (Phi) is 22.1. The second-order valence-electron chi connectivity index (χ2n) is 21.2. The van der Waals surface area contributed by atoms with Crippen LogP contribution in [0.3, 0.4) is 0 Å². The number of carbonyl (C=O) groups is 2. The molecule has 2 N–H and O–H groups in total. The third-order valence-corrected chi connectivity index (χ3v) is 13.6. The number of allylic oxidation sites excluding steroid dienone is 2. The lowest BCUT2D eigenvalue weighted by Gasteiger charge is -2.33. The van der Waals surface area contributed by atoms with E-state index < -0.39 is 6.04 Å². The smallest absolute Gasteiger partial charge is 0.259 e. The number of nitrogens with zero attached hydrogens (tertiary/aromatic N) is 6. The number of amides is 2. The zero-order valence-electron chi connectivity index (χ0n) is 46.2. The minimum Gasteiger partial charge on any atom is -0.384 e. The number of carbonyl (C=O) groups excluding carboxylic acids is 2. The van der Waals surface area contributed by atoms with Crippen molar-refractivity contribution in [1.29, 1.82) is 0 Å². The second-order valence-corrected chi connectivity index (χ2v) is 21.2. The molecule has 2 fully saturated rings. The molecule has 0 aliphatic carbocycles. The van der Waals surface area contributed by atoms with Gasteiger partial charge in [-0.2, -0.15) is 0 Å². The number of hydrazine groups is 1. The van der Waals surface area contributed by atoms with Crippen LogP contribution in [0.2, 0.25) is 0 Å². The first-order chi connectivity index (χ1) is 33.6. The molecular weight excluding hydrogens is 885 g/mol. The molecule has 71 heavy (non-hydrogen) atoms. The number of likely N-dealkylation sites (tertiary alicyclic amines) is 1. The van der Waals surface area contributed by atoms with Gasteiger partial charge in [-0.3, -0.25) is 29.4 Å². The summed E-state index contributed by atoms with van der Waals surface area (Å²) in [6.45, 7) is 28.3. The fraction of sp³-hybridized carbons (Fsp3) is 0.542. The lowest BCUT2D eigenvalue weighted by atomic mass is 9.84. The molecule has 2 aromatic heterocycles. The summed E-state index contributed by atoms with van der Waals surface area (Å²) in [6, 6.07) is 18.1. The molecule has 2 amide bonds. The number of hydrogen-bond acceptors (Lipinski definition) is 9. The van der Waals surface area contributed by atoms with Crippen molar-refractivity contribution in [3.05, 3.63) is 103 Å². The quantitative estimate of drug-likeness (QED) is 0.0791. The van der Waals surface area contributed by atoms with Crippen LogP contribution in [0.25, 0.3) is 33.3 Å². The van der Waals surface area contributed by atoms with Gasteiger partial charge < -0.3 is 24.3 Å². The molecular formula is C59H88N8O4. The SMILES string of the molecule is C=C(C#CC(C)(C)N(C)C)N1CCCC1.C=CC.COCC(C)(C)Cc1c(-c2cccnc2C(C)OC)n(C)c2ccc(-c3cccc(CC(NC(=O)C(C(C)C)N(C)C)C(=O)N4CCCCN4)c3)cc12. The molecule has 12 nitrogen and oxygen atoms in total. The first-order valence-electron chi connectivity index (χ1n) is 25.5. The van der Waals surface area contributed by atoms with Crippen LogP contribution in [0.15, 0.2) is 85.7 Å². The summed E-state index contributed by atoms with van der Waals surface area (Å²) in [5, 5.41) is 6.01. The van der Waals surface area contributed by atoms with Crippen LogP contribution in [-0.2, 0) is 39.0 Å². The number of rotatable bonds is 17. The molecule has 2 aliphatic heterocycles. The summed E-state index contributed by atoms with van der Waals surface area (Å²) in [4.78, 5) is 38.7. The normalized spacial score (nSPS) is 15.3.